The molecule has 4 heteroatoms. The molecule has 1 unspecified atom stereocenters. The zero-order valence-corrected chi connectivity index (χ0v) is 11.4. The molecule has 2 heterocycles. The Bertz CT molecular complexity index is 512. The summed E-state index contributed by atoms with van der Waals surface area (Å²) in [5.41, 5.74) is 2.58. The molecule has 0 radical (unpaired) electrons. The number of carbonyl (C=O) groups is 1. The molecule has 0 bridgehead atoms. The van der Waals surface area contributed by atoms with E-state index in [1.165, 1.54) is 11.1 Å². The Balaban J connectivity index is 1.93. The summed E-state index contributed by atoms with van der Waals surface area (Å²) >= 11 is 0. The molecule has 3 rings (SSSR count). The topological polar surface area (TPSA) is 38.8 Å². The normalized spacial score (nSPS) is 22.6. The second-order valence-electron chi connectivity index (χ2n) is 5.30. The fourth-order valence-electron chi connectivity index (χ4n) is 3.13. The van der Waals surface area contributed by atoms with Gasteiger partial charge in [0, 0.05) is 32.0 Å². The minimum absolute atomic E-state index is 0.367. The maximum absolute atomic E-state index is 11.6. The summed E-state index contributed by atoms with van der Waals surface area (Å²) in [6.45, 7) is 1.80. The average Bonchev–Trinajstić information content (AvgIpc) is 2.43. The molecule has 1 atom stereocenters. The molecule has 19 heavy (non-hydrogen) atoms. The first kappa shape index (κ1) is 12.5. The Morgan fingerprint density at radius 3 is 2.47 bits per heavy atom. The number of methoxy groups -OCH3 is 2. The van der Waals surface area contributed by atoms with E-state index >= 15 is 0 Å². The maximum atomic E-state index is 11.6. The van der Waals surface area contributed by atoms with Crippen LogP contribution in [0.4, 0.5) is 0 Å². The molecule has 4 nitrogen and oxygen atoms in total. The quantitative estimate of drug-likeness (QED) is 0.813. The minimum Gasteiger partial charge on any atom is -0.493 e. The summed E-state index contributed by atoms with van der Waals surface area (Å²) in [7, 11) is 3.32. The number of ether oxygens (including phenoxy) is 2. The van der Waals surface area contributed by atoms with Crippen molar-refractivity contribution in [3.63, 3.8) is 0 Å². The number of hydrogen-bond donors (Lipinski definition) is 0. The minimum atomic E-state index is 0.367. The highest BCUT2D eigenvalue weighted by Gasteiger charge is 2.32. The van der Waals surface area contributed by atoms with Gasteiger partial charge in [-0.3, -0.25) is 9.69 Å². The van der Waals surface area contributed by atoms with E-state index in [2.05, 4.69) is 17.0 Å². The third-order valence-corrected chi connectivity index (χ3v) is 4.19. The number of rotatable bonds is 2. The number of benzene rings is 1. The highest BCUT2D eigenvalue weighted by molar-refractivity contribution is 5.80. The van der Waals surface area contributed by atoms with Gasteiger partial charge in [0.2, 0.25) is 0 Å². The fourth-order valence-corrected chi connectivity index (χ4v) is 3.13. The molecule has 0 aromatic heterocycles. The van der Waals surface area contributed by atoms with Gasteiger partial charge in [-0.25, -0.2) is 0 Å². The number of hydrogen-bond acceptors (Lipinski definition) is 4. The first-order valence-electron chi connectivity index (χ1n) is 6.70. The van der Waals surface area contributed by atoms with Crippen LogP contribution >= 0.6 is 0 Å². The van der Waals surface area contributed by atoms with Crippen molar-refractivity contribution in [1.82, 2.24) is 4.90 Å². The van der Waals surface area contributed by atoms with Crippen molar-refractivity contribution < 1.29 is 14.3 Å². The lowest BCUT2D eigenvalue weighted by Gasteiger charge is -2.39. The summed E-state index contributed by atoms with van der Waals surface area (Å²) in [6, 6.07) is 4.50. The molecule has 2 aliphatic heterocycles. The molecule has 0 spiro atoms. The van der Waals surface area contributed by atoms with E-state index < -0.39 is 0 Å². The van der Waals surface area contributed by atoms with Crippen LogP contribution < -0.4 is 9.47 Å². The van der Waals surface area contributed by atoms with Gasteiger partial charge < -0.3 is 9.47 Å². The van der Waals surface area contributed by atoms with E-state index in [9.17, 15) is 4.79 Å². The van der Waals surface area contributed by atoms with Gasteiger partial charge in [0.05, 0.1) is 14.2 Å². The van der Waals surface area contributed by atoms with Gasteiger partial charge >= 0.3 is 0 Å². The summed E-state index contributed by atoms with van der Waals surface area (Å²) in [5, 5.41) is 0. The number of piperidine rings is 1. The van der Waals surface area contributed by atoms with Crippen molar-refractivity contribution in [3.8, 4) is 11.5 Å². The highest BCUT2D eigenvalue weighted by Crippen LogP contribution is 2.36. The predicted molar refractivity (Wildman–Crippen MR) is 71.7 cm³/mol. The number of carbonyl (C=O) groups excluding carboxylic acids is 1. The van der Waals surface area contributed by atoms with E-state index in [0.717, 1.165) is 31.0 Å². The molecule has 0 aliphatic carbocycles. The summed E-state index contributed by atoms with van der Waals surface area (Å²) < 4.78 is 10.7. The number of nitrogens with zero attached hydrogens (tertiary/aromatic N) is 1. The van der Waals surface area contributed by atoms with Gasteiger partial charge in [0.15, 0.2) is 11.5 Å². The fraction of sp³-hybridized carbons (Fsp3) is 0.533. The molecule has 1 saturated heterocycles. The van der Waals surface area contributed by atoms with Gasteiger partial charge in [0.25, 0.3) is 0 Å². The predicted octanol–water partition coefficient (Wildman–Crippen LogP) is 1.79. The third kappa shape index (κ3) is 2.21. The van der Waals surface area contributed by atoms with E-state index in [1.54, 1.807) is 14.2 Å². The van der Waals surface area contributed by atoms with Gasteiger partial charge in [-0.05, 0) is 29.7 Å². The smallest absolute Gasteiger partial charge is 0.161 e. The average molecular weight is 261 g/mol. The van der Waals surface area contributed by atoms with Crippen LogP contribution in [0.1, 0.15) is 24.0 Å². The van der Waals surface area contributed by atoms with Crippen molar-refractivity contribution in [2.75, 3.05) is 20.8 Å². The first-order chi connectivity index (χ1) is 9.21. The van der Waals surface area contributed by atoms with Crippen molar-refractivity contribution in [1.29, 1.82) is 0 Å². The molecule has 102 valence electrons. The van der Waals surface area contributed by atoms with Crippen molar-refractivity contribution in [2.45, 2.75) is 31.8 Å². The van der Waals surface area contributed by atoms with Crippen LogP contribution in [0.25, 0.3) is 0 Å². The van der Waals surface area contributed by atoms with Crippen molar-refractivity contribution in [3.05, 3.63) is 23.3 Å². The molecular weight excluding hydrogens is 242 g/mol. The summed E-state index contributed by atoms with van der Waals surface area (Å²) in [4.78, 5) is 14.0. The number of Topliss-reactive ketones (excluding diaryl/α,β-unsaturated/α-hetero) is 1. The molecule has 2 aliphatic rings. The standard InChI is InChI=1S/C15H19NO3/c1-18-14-6-10-5-12-8-13(17)3-4-16(12)9-11(10)7-15(14)19-2/h6-7,12H,3-5,8-9H2,1-2H3. The van der Waals surface area contributed by atoms with E-state index in [0.29, 0.717) is 24.7 Å². The lowest BCUT2D eigenvalue weighted by atomic mass is 9.88. The zero-order valence-electron chi connectivity index (χ0n) is 11.4. The molecule has 0 saturated carbocycles. The molecule has 1 aromatic carbocycles. The van der Waals surface area contributed by atoms with E-state index in [1.807, 2.05) is 0 Å². The van der Waals surface area contributed by atoms with E-state index in [4.69, 9.17) is 9.47 Å². The molecule has 1 aromatic rings. The Labute approximate surface area is 113 Å². The second-order valence-corrected chi connectivity index (χ2v) is 5.30. The van der Waals surface area contributed by atoms with Crippen LogP contribution in [0.2, 0.25) is 0 Å². The molecule has 1 fully saturated rings. The van der Waals surface area contributed by atoms with Crippen LogP contribution in [-0.4, -0.2) is 37.5 Å². The zero-order chi connectivity index (χ0) is 13.4. The Morgan fingerprint density at radius 2 is 1.79 bits per heavy atom. The highest BCUT2D eigenvalue weighted by atomic mass is 16.5. The largest absolute Gasteiger partial charge is 0.493 e. The lowest BCUT2D eigenvalue weighted by molar-refractivity contribution is -0.123. The third-order valence-electron chi connectivity index (χ3n) is 4.19. The molecular formula is C15H19NO3. The van der Waals surface area contributed by atoms with Gasteiger partial charge in [-0.2, -0.15) is 0 Å². The first-order valence-corrected chi connectivity index (χ1v) is 6.70. The number of fused-ring (bicyclic) bond motifs is 2. The van der Waals surface area contributed by atoms with Crippen LogP contribution in [-0.2, 0) is 17.8 Å². The van der Waals surface area contributed by atoms with Gasteiger partial charge in [0.1, 0.15) is 5.78 Å². The molecule has 0 N–H and O–H groups in total. The molecule has 0 amide bonds. The Kier molecular flexibility index (Phi) is 3.19. The summed E-state index contributed by atoms with van der Waals surface area (Å²) in [6.07, 6.45) is 2.31. The number of ketones is 1. The summed E-state index contributed by atoms with van der Waals surface area (Å²) in [5.74, 6) is 1.95. The van der Waals surface area contributed by atoms with Gasteiger partial charge in [-0.1, -0.05) is 0 Å². The monoisotopic (exact) mass is 261 g/mol. The van der Waals surface area contributed by atoms with Gasteiger partial charge in [-0.15, -0.1) is 0 Å². The Morgan fingerprint density at radius 1 is 1.11 bits per heavy atom. The van der Waals surface area contributed by atoms with Crippen LogP contribution in [0, 0.1) is 0 Å². The SMILES string of the molecule is COc1cc2c(cc1OC)CN1CCC(=O)CC1C2. The van der Waals surface area contributed by atoms with E-state index in [-0.39, 0.29) is 0 Å². The van der Waals surface area contributed by atoms with Crippen LogP contribution in [0.15, 0.2) is 12.1 Å². The Hall–Kier alpha value is -1.55. The van der Waals surface area contributed by atoms with Crippen LogP contribution in [0.3, 0.4) is 0 Å². The van der Waals surface area contributed by atoms with Crippen molar-refractivity contribution in [2.24, 2.45) is 0 Å². The maximum Gasteiger partial charge on any atom is 0.161 e. The van der Waals surface area contributed by atoms with Crippen molar-refractivity contribution >= 4 is 5.78 Å². The second kappa shape index (κ2) is 4.85. The van der Waals surface area contributed by atoms with Crippen LogP contribution in [0.5, 0.6) is 11.5 Å². The lowest BCUT2D eigenvalue weighted by Crippen LogP contribution is -2.46.